The summed E-state index contributed by atoms with van der Waals surface area (Å²) in [4.78, 5) is 14.6. The van der Waals surface area contributed by atoms with E-state index in [9.17, 15) is 4.79 Å². The van der Waals surface area contributed by atoms with Crippen molar-refractivity contribution < 1.29 is 9.53 Å². The Hall–Kier alpha value is -0.570. The van der Waals surface area contributed by atoms with Gasteiger partial charge in [-0.05, 0) is 45.7 Å². The van der Waals surface area contributed by atoms with Crippen molar-refractivity contribution in [1.82, 2.24) is 4.90 Å². The van der Waals surface area contributed by atoms with Crippen LogP contribution in [0.5, 0.6) is 0 Å². The molecule has 0 saturated carbocycles. The standard InChI is InChI=1S/C28H57NO2/c1-6-9-11-12-13-14-15-16-17-18-19-20-21-26(25-29(4)5)23-24-31-28(30)27(8-3)22-10-7-2/h26-27H,6-25H2,1-5H3. The molecule has 2 unspecified atom stereocenters. The van der Waals surface area contributed by atoms with Crippen molar-refractivity contribution in [3.05, 3.63) is 0 Å². The summed E-state index contributed by atoms with van der Waals surface area (Å²) < 4.78 is 5.66. The second-order valence-corrected chi connectivity index (χ2v) is 10.0. The average molecular weight is 440 g/mol. The molecule has 31 heavy (non-hydrogen) atoms. The van der Waals surface area contributed by atoms with E-state index in [4.69, 9.17) is 4.74 Å². The third-order valence-electron chi connectivity index (χ3n) is 6.59. The van der Waals surface area contributed by atoms with Crippen LogP contribution in [0, 0.1) is 11.8 Å². The quantitative estimate of drug-likeness (QED) is 0.118. The van der Waals surface area contributed by atoms with Crippen LogP contribution in [0.2, 0.25) is 0 Å². The van der Waals surface area contributed by atoms with Crippen LogP contribution in [0.3, 0.4) is 0 Å². The minimum absolute atomic E-state index is 0.0323. The second-order valence-electron chi connectivity index (χ2n) is 10.0. The monoisotopic (exact) mass is 439 g/mol. The Kier molecular flexibility index (Phi) is 22.2. The van der Waals surface area contributed by atoms with Gasteiger partial charge in [-0.25, -0.2) is 0 Å². The molecule has 0 spiro atoms. The summed E-state index contributed by atoms with van der Waals surface area (Å²) in [6, 6.07) is 0. The van der Waals surface area contributed by atoms with E-state index in [1.165, 1.54) is 83.5 Å². The lowest BCUT2D eigenvalue weighted by Crippen LogP contribution is -2.24. The summed E-state index contributed by atoms with van der Waals surface area (Å²) in [6.07, 6.45) is 23.2. The number of unbranched alkanes of at least 4 members (excludes halogenated alkanes) is 12. The molecule has 186 valence electrons. The molecule has 0 heterocycles. The van der Waals surface area contributed by atoms with Gasteiger partial charge in [0.05, 0.1) is 12.5 Å². The Labute approximate surface area is 196 Å². The fourth-order valence-corrected chi connectivity index (χ4v) is 4.50. The Morgan fingerprint density at radius 3 is 1.68 bits per heavy atom. The lowest BCUT2D eigenvalue weighted by molar-refractivity contribution is -0.149. The lowest BCUT2D eigenvalue weighted by atomic mass is 9.96. The number of esters is 1. The van der Waals surface area contributed by atoms with Crippen LogP contribution in [0.4, 0.5) is 0 Å². The van der Waals surface area contributed by atoms with Crippen LogP contribution >= 0.6 is 0 Å². The van der Waals surface area contributed by atoms with Crippen LogP contribution < -0.4 is 0 Å². The van der Waals surface area contributed by atoms with Gasteiger partial charge in [-0.2, -0.15) is 0 Å². The van der Waals surface area contributed by atoms with Crippen LogP contribution in [0.15, 0.2) is 0 Å². The molecule has 0 aromatic rings. The van der Waals surface area contributed by atoms with E-state index in [1.54, 1.807) is 0 Å². The van der Waals surface area contributed by atoms with Gasteiger partial charge in [0.25, 0.3) is 0 Å². The summed E-state index contributed by atoms with van der Waals surface area (Å²) in [5, 5.41) is 0. The third-order valence-corrected chi connectivity index (χ3v) is 6.59. The summed E-state index contributed by atoms with van der Waals surface area (Å²) in [6.45, 7) is 8.26. The molecule has 0 aliphatic carbocycles. The van der Waals surface area contributed by atoms with E-state index in [1.807, 2.05) is 0 Å². The van der Waals surface area contributed by atoms with Crippen molar-refractivity contribution >= 4 is 5.97 Å². The lowest BCUT2D eigenvalue weighted by Gasteiger charge is -2.21. The van der Waals surface area contributed by atoms with Crippen molar-refractivity contribution in [2.24, 2.45) is 11.8 Å². The number of ether oxygens (including phenoxy) is 1. The molecule has 0 aliphatic heterocycles. The van der Waals surface area contributed by atoms with E-state index < -0.39 is 0 Å². The first-order valence-corrected chi connectivity index (χ1v) is 13.9. The highest BCUT2D eigenvalue weighted by Gasteiger charge is 2.18. The summed E-state index contributed by atoms with van der Waals surface area (Å²) in [7, 11) is 4.30. The molecule has 0 aliphatic rings. The highest BCUT2D eigenvalue weighted by molar-refractivity contribution is 5.72. The maximum absolute atomic E-state index is 12.3. The summed E-state index contributed by atoms with van der Waals surface area (Å²) in [5.74, 6) is 0.773. The van der Waals surface area contributed by atoms with Gasteiger partial charge in [-0.1, -0.05) is 111 Å². The van der Waals surface area contributed by atoms with Crippen LogP contribution in [-0.4, -0.2) is 38.1 Å². The number of hydrogen-bond acceptors (Lipinski definition) is 3. The maximum Gasteiger partial charge on any atom is 0.308 e. The van der Waals surface area contributed by atoms with Crippen molar-refractivity contribution in [1.29, 1.82) is 0 Å². The second kappa shape index (κ2) is 22.6. The molecule has 2 atom stereocenters. The van der Waals surface area contributed by atoms with Crippen molar-refractivity contribution in [3.63, 3.8) is 0 Å². The van der Waals surface area contributed by atoms with Gasteiger partial charge in [-0.15, -0.1) is 0 Å². The largest absolute Gasteiger partial charge is 0.465 e. The van der Waals surface area contributed by atoms with E-state index in [0.29, 0.717) is 12.5 Å². The van der Waals surface area contributed by atoms with Crippen LogP contribution in [-0.2, 0) is 9.53 Å². The molecule has 3 nitrogen and oxygen atoms in total. The number of nitrogens with zero attached hydrogens (tertiary/aromatic N) is 1. The first-order chi connectivity index (χ1) is 15.0. The Bertz CT molecular complexity index is 383. The number of hydrogen-bond donors (Lipinski definition) is 0. The van der Waals surface area contributed by atoms with E-state index in [-0.39, 0.29) is 11.9 Å². The zero-order valence-corrected chi connectivity index (χ0v) is 22.1. The molecule has 0 fully saturated rings. The molecular formula is C28H57NO2. The van der Waals surface area contributed by atoms with Crippen molar-refractivity contribution in [3.8, 4) is 0 Å². The number of carbonyl (C=O) groups is 1. The van der Waals surface area contributed by atoms with Crippen LogP contribution in [0.1, 0.15) is 136 Å². The fourth-order valence-electron chi connectivity index (χ4n) is 4.50. The third kappa shape index (κ3) is 19.8. The first kappa shape index (κ1) is 30.4. The zero-order chi connectivity index (χ0) is 23.2. The molecule has 0 amide bonds. The highest BCUT2D eigenvalue weighted by atomic mass is 16.5. The van der Waals surface area contributed by atoms with E-state index >= 15 is 0 Å². The summed E-state index contributed by atoms with van der Waals surface area (Å²) >= 11 is 0. The van der Waals surface area contributed by atoms with Gasteiger partial charge in [0, 0.05) is 6.54 Å². The SMILES string of the molecule is CCCCCCCCCCCCCCC(CCOC(=O)C(CC)CCCC)CN(C)C. The average Bonchev–Trinajstić information content (AvgIpc) is 2.74. The molecular weight excluding hydrogens is 382 g/mol. The number of carbonyl (C=O) groups excluding carboxylic acids is 1. The topological polar surface area (TPSA) is 29.5 Å². The smallest absolute Gasteiger partial charge is 0.308 e. The van der Waals surface area contributed by atoms with Gasteiger partial charge in [0.15, 0.2) is 0 Å². The molecule has 0 bridgehead atoms. The first-order valence-electron chi connectivity index (χ1n) is 13.9. The fraction of sp³-hybridized carbons (Fsp3) is 0.964. The normalized spacial score (nSPS) is 13.5. The Morgan fingerprint density at radius 2 is 1.19 bits per heavy atom. The molecule has 0 rings (SSSR count). The van der Waals surface area contributed by atoms with Gasteiger partial charge < -0.3 is 9.64 Å². The van der Waals surface area contributed by atoms with Gasteiger partial charge in [0.2, 0.25) is 0 Å². The predicted molar refractivity (Wildman–Crippen MR) is 137 cm³/mol. The maximum atomic E-state index is 12.3. The zero-order valence-electron chi connectivity index (χ0n) is 22.1. The Balaban J connectivity index is 3.85. The molecule has 0 radical (unpaired) electrons. The van der Waals surface area contributed by atoms with E-state index in [0.717, 1.165) is 38.6 Å². The highest BCUT2D eigenvalue weighted by Crippen LogP contribution is 2.19. The molecule has 0 aromatic carbocycles. The molecule has 3 heteroatoms. The molecule has 0 saturated heterocycles. The summed E-state index contributed by atoms with van der Waals surface area (Å²) in [5.41, 5.74) is 0. The van der Waals surface area contributed by atoms with Crippen LogP contribution in [0.25, 0.3) is 0 Å². The van der Waals surface area contributed by atoms with Crippen molar-refractivity contribution in [2.45, 2.75) is 136 Å². The van der Waals surface area contributed by atoms with Gasteiger partial charge in [-0.3, -0.25) is 4.79 Å². The van der Waals surface area contributed by atoms with Crippen molar-refractivity contribution in [2.75, 3.05) is 27.2 Å². The minimum atomic E-state index is 0.0323. The predicted octanol–water partition coefficient (Wildman–Crippen LogP) is 8.41. The molecule has 0 aromatic heterocycles. The Morgan fingerprint density at radius 1 is 0.677 bits per heavy atom. The van der Waals surface area contributed by atoms with Gasteiger partial charge in [0.1, 0.15) is 0 Å². The van der Waals surface area contributed by atoms with E-state index in [2.05, 4.69) is 39.8 Å². The minimum Gasteiger partial charge on any atom is -0.465 e. The number of rotatable bonds is 23. The van der Waals surface area contributed by atoms with Gasteiger partial charge >= 0.3 is 5.97 Å². The molecule has 0 N–H and O–H groups in total.